The third-order valence-corrected chi connectivity index (χ3v) is 5.30. The normalized spacial score (nSPS) is 11.7. The average molecular weight is 337 g/mol. The lowest BCUT2D eigenvalue weighted by atomic mass is 9.91. The lowest BCUT2D eigenvalue weighted by Crippen LogP contribution is -1.96. The van der Waals surface area contributed by atoms with E-state index in [2.05, 4.69) is 60.7 Å². The first-order valence-electron chi connectivity index (χ1n) is 8.72. The SMILES string of the molecule is NCc1ccc(-c2cc(N)c3cccc4c3c2-c2ccc(N)cc2-4)cc1. The van der Waals surface area contributed by atoms with Gasteiger partial charge in [-0.3, -0.25) is 0 Å². The molecule has 1 aliphatic carbocycles. The van der Waals surface area contributed by atoms with Crippen LogP contribution in [0, 0.1) is 0 Å². The highest BCUT2D eigenvalue weighted by Gasteiger charge is 2.25. The zero-order valence-electron chi connectivity index (χ0n) is 14.3. The summed E-state index contributed by atoms with van der Waals surface area (Å²) < 4.78 is 0. The Morgan fingerprint density at radius 1 is 0.692 bits per heavy atom. The summed E-state index contributed by atoms with van der Waals surface area (Å²) in [6, 6.07) is 22.9. The molecule has 0 fully saturated rings. The summed E-state index contributed by atoms with van der Waals surface area (Å²) in [4.78, 5) is 0. The van der Waals surface area contributed by atoms with Crippen molar-refractivity contribution in [2.45, 2.75) is 6.54 Å². The van der Waals surface area contributed by atoms with Crippen LogP contribution in [0.4, 0.5) is 11.4 Å². The molecular formula is C23H19N3. The van der Waals surface area contributed by atoms with Crippen molar-refractivity contribution in [1.29, 1.82) is 0 Å². The number of nitrogen functional groups attached to an aromatic ring is 2. The third-order valence-electron chi connectivity index (χ3n) is 5.30. The Hall–Kier alpha value is -3.30. The van der Waals surface area contributed by atoms with Gasteiger partial charge in [-0.1, -0.05) is 48.5 Å². The second-order valence-corrected chi connectivity index (χ2v) is 6.82. The van der Waals surface area contributed by atoms with Gasteiger partial charge in [0.2, 0.25) is 0 Å². The van der Waals surface area contributed by atoms with E-state index < -0.39 is 0 Å². The first-order chi connectivity index (χ1) is 12.7. The monoisotopic (exact) mass is 337 g/mol. The van der Waals surface area contributed by atoms with Gasteiger partial charge in [-0.15, -0.1) is 0 Å². The van der Waals surface area contributed by atoms with Crippen molar-refractivity contribution in [2.75, 3.05) is 11.5 Å². The Labute approximate surface area is 152 Å². The van der Waals surface area contributed by atoms with Gasteiger partial charge in [0.1, 0.15) is 0 Å². The fraction of sp³-hybridized carbons (Fsp3) is 0.0435. The van der Waals surface area contributed by atoms with Gasteiger partial charge in [0.15, 0.2) is 0 Å². The highest BCUT2D eigenvalue weighted by Crippen LogP contribution is 2.52. The number of fused-ring (bicyclic) bond motifs is 3. The van der Waals surface area contributed by atoms with Crippen molar-refractivity contribution >= 4 is 22.1 Å². The van der Waals surface area contributed by atoms with Crippen LogP contribution in [0.2, 0.25) is 0 Å². The molecule has 0 spiro atoms. The van der Waals surface area contributed by atoms with E-state index in [0.717, 1.165) is 33.5 Å². The Morgan fingerprint density at radius 3 is 2.27 bits per heavy atom. The van der Waals surface area contributed by atoms with Crippen LogP contribution in [0.3, 0.4) is 0 Å². The molecule has 0 aliphatic heterocycles. The minimum Gasteiger partial charge on any atom is -0.399 e. The summed E-state index contributed by atoms with van der Waals surface area (Å²) in [6.07, 6.45) is 0. The van der Waals surface area contributed by atoms with E-state index in [1.807, 2.05) is 6.07 Å². The van der Waals surface area contributed by atoms with Gasteiger partial charge in [-0.25, -0.2) is 0 Å². The molecule has 0 saturated heterocycles. The average Bonchev–Trinajstić information content (AvgIpc) is 2.99. The van der Waals surface area contributed by atoms with Crippen LogP contribution >= 0.6 is 0 Å². The molecule has 1 aliphatic rings. The Morgan fingerprint density at radius 2 is 1.50 bits per heavy atom. The van der Waals surface area contributed by atoms with Crippen molar-refractivity contribution in [1.82, 2.24) is 0 Å². The molecule has 6 N–H and O–H groups in total. The van der Waals surface area contributed by atoms with Gasteiger partial charge in [0.25, 0.3) is 0 Å². The van der Waals surface area contributed by atoms with Crippen LogP contribution in [0.25, 0.3) is 44.2 Å². The molecule has 3 nitrogen and oxygen atoms in total. The largest absolute Gasteiger partial charge is 0.399 e. The van der Waals surface area contributed by atoms with Crippen LogP contribution in [-0.2, 0) is 6.54 Å². The Kier molecular flexibility index (Phi) is 3.08. The highest BCUT2D eigenvalue weighted by atomic mass is 14.6. The standard InChI is InChI=1S/C23H19N3/c24-12-13-4-6-14(7-5-13)19-11-21(26)18-3-1-2-16-20-10-15(25)8-9-17(20)23(19)22(16)18/h1-11H,12,24-26H2. The molecule has 0 aromatic heterocycles. The number of benzene rings is 4. The highest BCUT2D eigenvalue weighted by molar-refractivity contribution is 6.22. The predicted octanol–water partition coefficient (Wildman–Crippen LogP) is 4.78. The van der Waals surface area contributed by atoms with E-state index in [9.17, 15) is 0 Å². The van der Waals surface area contributed by atoms with Crippen LogP contribution in [-0.4, -0.2) is 0 Å². The van der Waals surface area contributed by atoms with Crippen molar-refractivity contribution in [2.24, 2.45) is 5.73 Å². The van der Waals surface area contributed by atoms with Crippen molar-refractivity contribution < 1.29 is 0 Å². The van der Waals surface area contributed by atoms with Crippen LogP contribution in [0.1, 0.15) is 5.56 Å². The molecule has 0 atom stereocenters. The fourth-order valence-electron chi connectivity index (χ4n) is 4.06. The second-order valence-electron chi connectivity index (χ2n) is 6.82. The molecule has 3 heteroatoms. The second kappa shape index (κ2) is 5.35. The maximum absolute atomic E-state index is 6.44. The van der Waals surface area contributed by atoms with Crippen LogP contribution < -0.4 is 17.2 Å². The fourth-order valence-corrected chi connectivity index (χ4v) is 4.06. The van der Waals surface area contributed by atoms with Gasteiger partial charge >= 0.3 is 0 Å². The zero-order valence-corrected chi connectivity index (χ0v) is 14.3. The van der Waals surface area contributed by atoms with Gasteiger partial charge < -0.3 is 17.2 Å². The number of hydrogen-bond acceptors (Lipinski definition) is 3. The molecule has 26 heavy (non-hydrogen) atoms. The molecule has 0 unspecified atom stereocenters. The minimum absolute atomic E-state index is 0.541. The van der Waals surface area contributed by atoms with E-state index in [1.54, 1.807) is 0 Å². The van der Waals surface area contributed by atoms with Gasteiger partial charge in [0, 0.05) is 28.7 Å². The molecular weight excluding hydrogens is 318 g/mol. The lowest BCUT2D eigenvalue weighted by Gasteiger charge is -2.13. The summed E-state index contributed by atoms with van der Waals surface area (Å²) in [6.45, 7) is 0.541. The van der Waals surface area contributed by atoms with E-state index >= 15 is 0 Å². The number of rotatable bonds is 2. The van der Waals surface area contributed by atoms with Gasteiger partial charge in [-0.05, 0) is 57.1 Å². The number of nitrogens with two attached hydrogens (primary N) is 3. The molecule has 0 radical (unpaired) electrons. The van der Waals surface area contributed by atoms with E-state index in [4.69, 9.17) is 17.2 Å². The van der Waals surface area contributed by atoms with Crippen LogP contribution in [0.5, 0.6) is 0 Å². The summed E-state index contributed by atoms with van der Waals surface area (Å²) >= 11 is 0. The Bertz CT molecular complexity index is 1170. The molecule has 126 valence electrons. The number of hydrogen-bond donors (Lipinski definition) is 3. The maximum Gasteiger partial charge on any atom is 0.0400 e. The number of anilines is 2. The molecule has 5 rings (SSSR count). The van der Waals surface area contributed by atoms with Gasteiger partial charge in [-0.2, -0.15) is 0 Å². The molecule has 0 heterocycles. The van der Waals surface area contributed by atoms with E-state index in [0.29, 0.717) is 6.54 Å². The maximum atomic E-state index is 6.44. The molecule has 0 amide bonds. The summed E-state index contributed by atoms with van der Waals surface area (Å²) in [5.41, 5.74) is 28.1. The molecule has 4 aromatic carbocycles. The third kappa shape index (κ3) is 1.98. The van der Waals surface area contributed by atoms with E-state index in [1.165, 1.54) is 27.6 Å². The molecule has 4 aromatic rings. The lowest BCUT2D eigenvalue weighted by molar-refractivity contribution is 1.07. The van der Waals surface area contributed by atoms with Crippen LogP contribution in [0.15, 0.2) is 66.7 Å². The summed E-state index contributed by atoms with van der Waals surface area (Å²) in [5.74, 6) is 0. The Balaban J connectivity index is 1.89. The summed E-state index contributed by atoms with van der Waals surface area (Å²) in [7, 11) is 0. The minimum atomic E-state index is 0.541. The van der Waals surface area contributed by atoms with E-state index in [-0.39, 0.29) is 0 Å². The van der Waals surface area contributed by atoms with Crippen molar-refractivity contribution in [3.8, 4) is 33.4 Å². The predicted molar refractivity (Wildman–Crippen MR) is 111 cm³/mol. The van der Waals surface area contributed by atoms with Crippen molar-refractivity contribution in [3.05, 3.63) is 72.3 Å². The summed E-state index contributed by atoms with van der Waals surface area (Å²) in [5, 5.41) is 2.31. The first-order valence-corrected chi connectivity index (χ1v) is 8.72. The zero-order chi connectivity index (χ0) is 17.8. The van der Waals surface area contributed by atoms with Gasteiger partial charge in [0.05, 0.1) is 0 Å². The topological polar surface area (TPSA) is 78.1 Å². The molecule has 0 saturated carbocycles. The first kappa shape index (κ1) is 15.0. The quantitative estimate of drug-likeness (QED) is 0.406. The molecule has 0 bridgehead atoms. The van der Waals surface area contributed by atoms with Crippen molar-refractivity contribution in [3.63, 3.8) is 0 Å². The smallest absolute Gasteiger partial charge is 0.0400 e.